The summed E-state index contributed by atoms with van der Waals surface area (Å²) in [6.45, 7) is 1.77. The van der Waals surface area contributed by atoms with Crippen LogP contribution >= 0.6 is 0 Å². The van der Waals surface area contributed by atoms with Crippen LogP contribution in [0.3, 0.4) is 0 Å². The number of benzene rings is 2. The predicted octanol–water partition coefficient (Wildman–Crippen LogP) is 2.69. The van der Waals surface area contributed by atoms with Crippen molar-refractivity contribution >= 4 is 23.5 Å². The average Bonchev–Trinajstić information content (AvgIpc) is 3.39. The van der Waals surface area contributed by atoms with E-state index in [0.29, 0.717) is 28.3 Å². The lowest BCUT2D eigenvalue weighted by Gasteiger charge is -2.17. The zero-order chi connectivity index (χ0) is 19.5. The van der Waals surface area contributed by atoms with Crippen molar-refractivity contribution in [2.24, 2.45) is 5.10 Å². The predicted molar refractivity (Wildman–Crippen MR) is 102 cm³/mol. The quantitative estimate of drug-likeness (QED) is 0.484. The standard InChI is InChI=1S/C19H18N4O5/c24-19(14-4-6-17-18(10-14)28-12-27-17)21-20-11-13-3-5-15(16(9-13)23(25)26)22-7-1-2-8-22/h3-6,9-11H,1-2,7-8,12H2,(H,21,24)/b20-11-. The van der Waals surface area contributed by atoms with Gasteiger partial charge in [-0.15, -0.1) is 0 Å². The van der Waals surface area contributed by atoms with Crippen LogP contribution in [0.25, 0.3) is 0 Å². The summed E-state index contributed by atoms with van der Waals surface area (Å²) in [4.78, 5) is 25.3. The lowest BCUT2D eigenvalue weighted by Crippen LogP contribution is -2.19. The van der Waals surface area contributed by atoms with Gasteiger partial charge < -0.3 is 14.4 Å². The molecular weight excluding hydrogens is 364 g/mol. The molecule has 4 rings (SSSR count). The van der Waals surface area contributed by atoms with Crippen LogP contribution in [-0.4, -0.2) is 36.9 Å². The zero-order valence-corrected chi connectivity index (χ0v) is 15.0. The van der Waals surface area contributed by atoms with Crippen LogP contribution < -0.4 is 19.8 Å². The summed E-state index contributed by atoms with van der Waals surface area (Å²) in [5.74, 6) is 0.674. The number of nitro groups is 1. The second-order valence-corrected chi connectivity index (χ2v) is 6.47. The van der Waals surface area contributed by atoms with E-state index in [1.165, 1.54) is 12.3 Å². The molecule has 1 N–H and O–H groups in total. The number of amides is 1. The monoisotopic (exact) mass is 382 g/mol. The molecule has 2 aliphatic rings. The van der Waals surface area contributed by atoms with E-state index in [1.807, 2.05) is 4.90 Å². The number of ether oxygens (including phenoxy) is 2. The van der Waals surface area contributed by atoms with Crippen molar-refractivity contribution in [3.05, 3.63) is 57.6 Å². The Morgan fingerprint density at radius 3 is 2.71 bits per heavy atom. The van der Waals surface area contributed by atoms with Crippen molar-refractivity contribution < 1.29 is 19.2 Å². The zero-order valence-electron chi connectivity index (χ0n) is 15.0. The molecule has 0 bridgehead atoms. The van der Waals surface area contributed by atoms with Crippen molar-refractivity contribution in [3.8, 4) is 11.5 Å². The number of rotatable bonds is 5. The highest BCUT2D eigenvalue weighted by Gasteiger charge is 2.22. The molecule has 0 spiro atoms. The van der Waals surface area contributed by atoms with Gasteiger partial charge >= 0.3 is 0 Å². The maximum atomic E-state index is 12.2. The van der Waals surface area contributed by atoms with Crippen LogP contribution in [0.2, 0.25) is 0 Å². The Kier molecular flexibility index (Phi) is 4.79. The molecule has 0 unspecified atom stereocenters. The second kappa shape index (κ2) is 7.55. The normalized spacial score (nSPS) is 15.2. The van der Waals surface area contributed by atoms with Gasteiger partial charge in [-0.2, -0.15) is 5.10 Å². The third-order valence-electron chi connectivity index (χ3n) is 4.66. The average molecular weight is 382 g/mol. The molecule has 0 saturated carbocycles. The van der Waals surface area contributed by atoms with Gasteiger partial charge in [-0.25, -0.2) is 5.43 Å². The Labute approximate surface area is 160 Å². The van der Waals surface area contributed by atoms with E-state index in [1.54, 1.807) is 30.3 Å². The first-order valence-corrected chi connectivity index (χ1v) is 8.88. The molecule has 9 nitrogen and oxygen atoms in total. The number of fused-ring (bicyclic) bond motifs is 1. The van der Waals surface area contributed by atoms with Gasteiger partial charge in [0.25, 0.3) is 11.6 Å². The number of anilines is 1. The van der Waals surface area contributed by atoms with Crippen molar-refractivity contribution in [1.29, 1.82) is 0 Å². The van der Waals surface area contributed by atoms with Gasteiger partial charge in [-0.3, -0.25) is 14.9 Å². The van der Waals surface area contributed by atoms with Crippen LogP contribution in [0.15, 0.2) is 41.5 Å². The number of nitro benzene ring substituents is 1. The molecule has 1 saturated heterocycles. The van der Waals surface area contributed by atoms with E-state index >= 15 is 0 Å². The first kappa shape index (κ1) is 17.8. The molecule has 2 aliphatic heterocycles. The van der Waals surface area contributed by atoms with Crippen LogP contribution in [-0.2, 0) is 0 Å². The van der Waals surface area contributed by atoms with Crippen molar-refractivity contribution in [2.45, 2.75) is 12.8 Å². The molecule has 2 aromatic rings. The molecule has 144 valence electrons. The van der Waals surface area contributed by atoms with Crippen LogP contribution in [0.5, 0.6) is 11.5 Å². The summed E-state index contributed by atoms with van der Waals surface area (Å²) < 4.78 is 10.5. The van der Waals surface area contributed by atoms with Gasteiger partial charge in [0.05, 0.1) is 11.1 Å². The topological polar surface area (TPSA) is 106 Å². The Bertz CT molecular complexity index is 953. The van der Waals surface area contributed by atoms with Gasteiger partial charge in [0.1, 0.15) is 5.69 Å². The SMILES string of the molecule is O=C(N/N=C\c1ccc(N2CCCC2)c([N+](=O)[O-])c1)c1ccc2c(c1)OCO2. The summed E-state index contributed by atoms with van der Waals surface area (Å²) in [6.07, 6.45) is 3.45. The molecule has 2 heterocycles. The third-order valence-corrected chi connectivity index (χ3v) is 4.66. The van der Waals surface area contributed by atoms with E-state index in [-0.39, 0.29) is 12.5 Å². The minimum atomic E-state index is -0.419. The Morgan fingerprint density at radius 2 is 1.93 bits per heavy atom. The number of carbonyl (C=O) groups excluding carboxylic acids is 1. The number of nitrogens with zero attached hydrogens (tertiary/aromatic N) is 3. The van der Waals surface area contributed by atoms with Crippen molar-refractivity contribution in [2.75, 3.05) is 24.8 Å². The van der Waals surface area contributed by atoms with E-state index in [2.05, 4.69) is 10.5 Å². The summed E-state index contributed by atoms with van der Waals surface area (Å²) in [5, 5.41) is 15.3. The van der Waals surface area contributed by atoms with E-state index in [4.69, 9.17) is 9.47 Å². The Balaban J connectivity index is 1.46. The van der Waals surface area contributed by atoms with E-state index in [0.717, 1.165) is 25.9 Å². The Hall–Kier alpha value is -3.62. The van der Waals surface area contributed by atoms with E-state index < -0.39 is 10.8 Å². The van der Waals surface area contributed by atoms with Crippen LogP contribution in [0.4, 0.5) is 11.4 Å². The maximum Gasteiger partial charge on any atom is 0.293 e. The molecule has 1 fully saturated rings. The minimum absolute atomic E-state index is 0.0351. The van der Waals surface area contributed by atoms with Crippen LogP contribution in [0, 0.1) is 10.1 Å². The molecule has 0 aliphatic carbocycles. The fourth-order valence-corrected chi connectivity index (χ4v) is 3.26. The van der Waals surface area contributed by atoms with Gasteiger partial charge in [-0.1, -0.05) is 6.07 Å². The number of hydrogen-bond acceptors (Lipinski definition) is 7. The summed E-state index contributed by atoms with van der Waals surface area (Å²) in [5.41, 5.74) is 3.96. The molecule has 0 atom stereocenters. The summed E-state index contributed by atoms with van der Waals surface area (Å²) in [7, 11) is 0. The lowest BCUT2D eigenvalue weighted by molar-refractivity contribution is -0.384. The highest BCUT2D eigenvalue weighted by Crippen LogP contribution is 2.33. The summed E-state index contributed by atoms with van der Waals surface area (Å²) >= 11 is 0. The number of hydrazone groups is 1. The van der Waals surface area contributed by atoms with Gasteiger partial charge in [-0.05, 0) is 37.1 Å². The lowest BCUT2D eigenvalue weighted by atomic mass is 10.1. The van der Waals surface area contributed by atoms with Gasteiger partial charge in [0.15, 0.2) is 11.5 Å². The summed E-state index contributed by atoms with van der Waals surface area (Å²) in [6, 6.07) is 9.77. The third kappa shape index (κ3) is 3.59. The Morgan fingerprint density at radius 1 is 1.14 bits per heavy atom. The van der Waals surface area contributed by atoms with E-state index in [9.17, 15) is 14.9 Å². The first-order chi connectivity index (χ1) is 13.6. The molecular formula is C19H18N4O5. The fourth-order valence-electron chi connectivity index (χ4n) is 3.26. The van der Waals surface area contributed by atoms with Crippen molar-refractivity contribution in [1.82, 2.24) is 5.43 Å². The molecule has 1 amide bonds. The fraction of sp³-hybridized carbons (Fsp3) is 0.263. The molecule has 0 aromatic heterocycles. The highest BCUT2D eigenvalue weighted by atomic mass is 16.7. The largest absolute Gasteiger partial charge is 0.454 e. The molecule has 9 heteroatoms. The minimum Gasteiger partial charge on any atom is -0.454 e. The van der Waals surface area contributed by atoms with Gasteiger partial charge in [0, 0.05) is 30.3 Å². The second-order valence-electron chi connectivity index (χ2n) is 6.47. The maximum absolute atomic E-state index is 12.2. The molecule has 28 heavy (non-hydrogen) atoms. The number of nitrogens with one attached hydrogen (secondary N) is 1. The number of hydrogen-bond donors (Lipinski definition) is 1. The first-order valence-electron chi connectivity index (χ1n) is 8.88. The smallest absolute Gasteiger partial charge is 0.293 e. The highest BCUT2D eigenvalue weighted by molar-refractivity contribution is 5.95. The molecule has 0 radical (unpaired) electrons. The van der Waals surface area contributed by atoms with Gasteiger partial charge in [0.2, 0.25) is 6.79 Å². The van der Waals surface area contributed by atoms with Crippen LogP contribution in [0.1, 0.15) is 28.8 Å². The number of carbonyl (C=O) groups is 1. The van der Waals surface area contributed by atoms with Crippen molar-refractivity contribution in [3.63, 3.8) is 0 Å². The molecule has 2 aromatic carbocycles.